The van der Waals surface area contributed by atoms with Gasteiger partial charge in [-0.15, -0.1) is 0 Å². The summed E-state index contributed by atoms with van der Waals surface area (Å²) in [7, 11) is 0. The van der Waals surface area contributed by atoms with Crippen molar-refractivity contribution in [3.8, 4) is 0 Å². The first-order chi connectivity index (χ1) is 8.70. The van der Waals surface area contributed by atoms with E-state index in [4.69, 9.17) is 11.5 Å². The largest absolute Gasteiger partial charge is 0.398 e. The maximum Gasteiger partial charge on any atom is 0.196 e. The zero-order chi connectivity index (χ0) is 12.7. The van der Waals surface area contributed by atoms with E-state index in [9.17, 15) is 4.79 Å². The summed E-state index contributed by atoms with van der Waals surface area (Å²) in [5.41, 5.74) is 15.6. The number of ketones is 1. The zero-order valence-corrected chi connectivity index (χ0v) is 9.68. The van der Waals surface area contributed by atoms with Crippen LogP contribution < -0.4 is 11.5 Å². The van der Waals surface area contributed by atoms with Gasteiger partial charge in [0.05, 0.1) is 11.3 Å². The second-order valence-electron chi connectivity index (χ2n) is 4.25. The van der Waals surface area contributed by atoms with Crippen LogP contribution in [0.3, 0.4) is 0 Å². The maximum absolute atomic E-state index is 12.4. The molecule has 88 valence electrons. The number of hydrogen-bond donors (Lipinski definition) is 2. The minimum Gasteiger partial charge on any atom is -0.398 e. The Morgan fingerprint density at radius 1 is 0.833 bits per heavy atom. The average molecular weight is 236 g/mol. The van der Waals surface area contributed by atoms with Gasteiger partial charge in [0.1, 0.15) is 0 Å². The average Bonchev–Trinajstić information content (AvgIpc) is 2.64. The predicted molar refractivity (Wildman–Crippen MR) is 72.6 cm³/mol. The summed E-state index contributed by atoms with van der Waals surface area (Å²) in [6.45, 7) is 0. The number of benzene rings is 2. The quantitative estimate of drug-likeness (QED) is 0.746. The van der Waals surface area contributed by atoms with Gasteiger partial charge in [0.15, 0.2) is 5.78 Å². The van der Waals surface area contributed by atoms with Crippen molar-refractivity contribution in [2.75, 3.05) is 5.73 Å². The Kier molecular flexibility index (Phi) is 2.20. The zero-order valence-electron chi connectivity index (χ0n) is 9.68. The molecule has 3 nitrogen and oxygen atoms in total. The van der Waals surface area contributed by atoms with Gasteiger partial charge in [-0.2, -0.15) is 0 Å². The van der Waals surface area contributed by atoms with E-state index in [1.165, 1.54) is 0 Å². The van der Waals surface area contributed by atoms with Gasteiger partial charge in [-0.05, 0) is 11.6 Å². The van der Waals surface area contributed by atoms with Crippen LogP contribution >= 0.6 is 0 Å². The van der Waals surface area contributed by atoms with E-state index in [2.05, 4.69) is 0 Å². The summed E-state index contributed by atoms with van der Waals surface area (Å²) >= 11 is 0. The molecule has 3 rings (SSSR count). The molecule has 0 unspecified atom stereocenters. The van der Waals surface area contributed by atoms with Gasteiger partial charge in [0, 0.05) is 16.8 Å². The summed E-state index contributed by atoms with van der Waals surface area (Å²) < 4.78 is 0. The van der Waals surface area contributed by atoms with E-state index in [0.29, 0.717) is 28.1 Å². The molecule has 0 aromatic heterocycles. The van der Waals surface area contributed by atoms with Crippen LogP contribution in [0.1, 0.15) is 21.5 Å². The molecular weight excluding hydrogens is 224 g/mol. The summed E-state index contributed by atoms with van der Waals surface area (Å²) in [5.74, 6) is -0.0546. The summed E-state index contributed by atoms with van der Waals surface area (Å²) in [6, 6.07) is 14.7. The number of rotatable bonds is 1. The molecule has 18 heavy (non-hydrogen) atoms. The highest BCUT2D eigenvalue weighted by Crippen LogP contribution is 2.38. The van der Waals surface area contributed by atoms with Gasteiger partial charge in [-0.1, -0.05) is 42.5 Å². The molecule has 2 aromatic rings. The van der Waals surface area contributed by atoms with E-state index in [1.54, 1.807) is 18.2 Å². The van der Waals surface area contributed by atoms with Crippen molar-refractivity contribution >= 4 is 22.7 Å². The molecule has 0 fully saturated rings. The number of fused-ring (bicyclic) bond motifs is 1. The van der Waals surface area contributed by atoms with Crippen LogP contribution in [0.25, 0.3) is 11.3 Å². The fourth-order valence-electron chi connectivity index (χ4n) is 2.33. The fraction of sp³-hybridized carbons (Fsp3) is 0. The molecule has 0 heterocycles. The number of hydrogen-bond acceptors (Lipinski definition) is 3. The minimum absolute atomic E-state index is 0.0546. The number of anilines is 1. The molecule has 0 amide bonds. The Bertz CT molecular complexity index is 672. The molecular formula is C15H12N2O. The van der Waals surface area contributed by atoms with Crippen molar-refractivity contribution in [1.29, 1.82) is 0 Å². The van der Waals surface area contributed by atoms with Gasteiger partial charge >= 0.3 is 0 Å². The predicted octanol–water partition coefficient (Wildman–Crippen LogP) is 2.29. The third kappa shape index (κ3) is 1.34. The first-order valence-electron chi connectivity index (χ1n) is 5.69. The number of nitrogen functional groups attached to an aromatic ring is 1. The van der Waals surface area contributed by atoms with Crippen molar-refractivity contribution in [1.82, 2.24) is 0 Å². The van der Waals surface area contributed by atoms with Crippen molar-refractivity contribution in [3.05, 3.63) is 65.2 Å². The molecule has 1 aliphatic carbocycles. The number of allylic oxidation sites excluding steroid dienone is 1. The topological polar surface area (TPSA) is 69.1 Å². The molecule has 1 aliphatic rings. The standard InChI is InChI=1S/C15H12N2O/c16-11-8-4-7-10-13(11)14(17)12(15(10)18)9-5-2-1-3-6-9/h1-8H,16-17H2. The molecule has 2 aromatic carbocycles. The Balaban J connectivity index is 2.26. The molecule has 0 saturated carbocycles. The van der Waals surface area contributed by atoms with E-state index in [-0.39, 0.29) is 5.78 Å². The number of carbonyl (C=O) groups is 1. The lowest BCUT2D eigenvalue weighted by atomic mass is 10.0. The van der Waals surface area contributed by atoms with E-state index < -0.39 is 0 Å². The van der Waals surface area contributed by atoms with Crippen LogP contribution in [0.15, 0.2) is 48.5 Å². The van der Waals surface area contributed by atoms with Crippen LogP contribution in [-0.4, -0.2) is 5.78 Å². The van der Waals surface area contributed by atoms with Crippen molar-refractivity contribution in [2.24, 2.45) is 5.73 Å². The molecule has 0 radical (unpaired) electrons. The van der Waals surface area contributed by atoms with Crippen molar-refractivity contribution in [2.45, 2.75) is 0 Å². The third-order valence-corrected chi connectivity index (χ3v) is 3.17. The number of Topliss-reactive ketones (excluding diaryl/α,β-unsaturated/α-hetero) is 1. The SMILES string of the molecule is NC1=C(c2ccccc2)C(=O)c2cccc(N)c21. The molecule has 0 bridgehead atoms. The summed E-state index contributed by atoms with van der Waals surface area (Å²) in [5, 5.41) is 0. The lowest BCUT2D eigenvalue weighted by Gasteiger charge is -2.03. The van der Waals surface area contributed by atoms with Crippen molar-refractivity contribution in [3.63, 3.8) is 0 Å². The Hall–Kier alpha value is -2.55. The molecule has 0 saturated heterocycles. The van der Waals surface area contributed by atoms with Crippen LogP contribution in [0.5, 0.6) is 0 Å². The van der Waals surface area contributed by atoms with Gasteiger partial charge in [-0.25, -0.2) is 0 Å². The fourth-order valence-corrected chi connectivity index (χ4v) is 2.33. The second-order valence-corrected chi connectivity index (χ2v) is 4.25. The van der Waals surface area contributed by atoms with E-state index in [1.807, 2.05) is 30.3 Å². The molecule has 0 aliphatic heterocycles. The van der Waals surface area contributed by atoms with Crippen LogP contribution in [0, 0.1) is 0 Å². The van der Waals surface area contributed by atoms with Crippen LogP contribution in [-0.2, 0) is 0 Å². The Morgan fingerprint density at radius 3 is 2.22 bits per heavy atom. The summed E-state index contributed by atoms with van der Waals surface area (Å²) in [4.78, 5) is 12.4. The lowest BCUT2D eigenvalue weighted by molar-refractivity contribution is 0.105. The first kappa shape index (κ1) is 10.6. The third-order valence-electron chi connectivity index (χ3n) is 3.17. The van der Waals surface area contributed by atoms with Gasteiger partial charge in [-0.3, -0.25) is 4.79 Å². The van der Waals surface area contributed by atoms with Gasteiger partial charge in [0.25, 0.3) is 0 Å². The lowest BCUT2D eigenvalue weighted by Crippen LogP contribution is -2.00. The number of carbonyl (C=O) groups excluding carboxylic acids is 1. The summed E-state index contributed by atoms with van der Waals surface area (Å²) in [6.07, 6.45) is 0. The van der Waals surface area contributed by atoms with Gasteiger partial charge in [0.2, 0.25) is 0 Å². The Labute approximate surface area is 105 Å². The maximum atomic E-state index is 12.4. The van der Waals surface area contributed by atoms with Crippen LogP contribution in [0.2, 0.25) is 0 Å². The smallest absolute Gasteiger partial charge is 0.196 e. The second kappa shape index (κ2) is 3.74. The Morgan fingerprint density at radius 2 is 1.56 bits per heavy atom. The monoisotopic (exact) mass is 236 g/mol. The normalized spacial score (nSPS) is 13.9. The van der Waals surface area contributed by atoms with Crippen molar-refractivity contribution < 1.29 is 4.79 Å². The number of nitrogens with two attached hydrogens (primary N) is 2. The van der Waals surface area contributed by atoms with E-state index in [0.717, 1.165) is 5.56 Å². The highest BCUT2D eigenvalue weighted by Gasteiger charge is 2.30. The highest BCUT2D eigenvalue weighted by molar-refractivity contribution is 6.40. The first-order valence-corrected chi connectivity index (χ1v) is 5.69. The van der Waals surface area contributed by atoms with E-state index >= 15 is 0 Å². The van der Waals surface area contributed by atoms with Crippen LogP contribution in [0.4, 0.5) is 5.69 Å². The molecule has 0 atom stereocenters. The molecule has 3 heteroatoms. The molecule has 4 N–H and O–H groups in total. The molecule has 0 spiro atoms. The minimum atomic E-state index is -0.0546. The highest BCUT2D eigenvalue weighted by atomic mass is 16.1. The van der Waals surface area contributed by atoms with Gasteiger partial charge < -0.3 is 11.5 Å².